The van der Waals surface area contributed by atoms with E-state index in [0.717, 1.165) is 61.5 Å². The van der Waals surface area contributed by atoms with Gasteiger partial charge in [0.2, 0.25) is 5.91 Å². The molecule has 3 atom stereocenters. The largest absolute Gasteiger partial charge is 0.481 e. The molecular weight excluding hydrogens is 436 g/mol. The van der Waals surface area contributed by atoms with E-state index in [4.69, 9.17) is 9.15 Å². The molecule has 5 rings (SSSR count). The van der Waals surface area contributed by atoms with Gasteiger partial charge in [0.05, 0.1) is 12.1 Å². The van der Waals surface area contributed by atoms with Gasteiger partial charge >= 0.3 is 5.63 Å². The Labute approximate surface area is 198 Å². The number of nitrogens with zero attached hydrogens (tertiary/aromatic N) is 1. The van der Waals surface area contributed by atoms with Crippen LogP contribution in [0.1, 0.15) is 56.6 Å². The molecule has 2 amide bonds. The fourth-order valence-corrected chi connectivity index (χ4v) is 5.81. The first-order chi connectivity index (χ1) is 16.3. The third-order valence-corrected chi connectivity index (χ3v) is 7.82. The average Bonchev–Trinajstić information content (AvgIpc) is 3.32. The van der Waals surface area contributed by atoms with Gasteiger partial charge in [0.25, 0.3) is 5.91 Å². The number of hydrogen-bond donors (Lipinski definition) is 2. The molecule has 0 radical (unpaired) electrons. The highest BCUT2D eigenvalue weighted by molar-refractivity contribution is 5.87. The fourth-order valence-electron chi connectivity index (χ4n) is 5.81. The van der Waals surface area contributed by atoms with Gasteiger partial charge < -0.3 is 24.5 Å². The number of ether oxygens (including phenoxy) is 1. The predicted molar refractivity (Wildman–Crippen MR) is 126 cm³/mol. The molecule has 8 heteroatoms. The van der Waals surface area contributed by atoms with Crippen molar-refractivity contribution < 1.29 is 23.8 Å². The smallest absolute Gasteiger partial charge is 0.339 e. The summed E-state index contributed by atoms with van der Waals surface area (Å²) in [6.45, 7) is 2.57. The lowest BCUT2D eigenvalue weighted by molar-refractivity contribution is -0.144. The van der Waals surface area contributed by atoms with Crippen molar-refractivity contribution in [2.24, 2.45) is 5.92 Å². The van der Waals surface area contributed by atoms with Crippen molar-refractivity contribution in [2.45, 2.75) is 70.0 Å². The maximum Gasteiger partial charge on any atom is 0.339 e. The van der Waals surface area contributed by atoms with Gasteiger partial charge in [-0.2, -0.15) is 0 Å². The Hall–Kier alpha value is -2.87. The number of carbonyl (C=O) groups excluding carboxylic acids is 2. The molecule has 2 aliphatic carbocycles. The molecule has 2 aromatic rings. The molecule has 1 aliphatic heterocycles. The normalized spacial score (nSPS) is 24.9. The number of rotatable bonds is 5. The number of hydrogen-bond acceptors (Lipinski definition) is 6. The third kappa shape index (κ3) is 4.31. The number of nitrogens with one attached hydrogen (secondary N) is 1. The number of aliphatic hydroxyl groups is 1. The maximum absolute atomic E-state index is 12.7. The molecular formula is C26H32N2O6. The highest BCUT2D eigenvalue weighted by atomic mass is 16.5. The molecule has 1 saturated carbocycles. The highest BCUT2D eigenvalue weighted by Gasteiger charge is 2.43. The van der Waals surface area contributed by atoms with E-state index < -0.39 is 17.6 Å². The monoisotopic (exact) mass is 468 g/mol. The highest BCUT2D eigenvalue weighted by Crippen LogP contribution is 2.39. The van der Waals surface area contributed by atoms with Crippen molar-refractivity contribution in [3.63, 3.8) is 0 Å². The molecule has 34 heavy (non-hydrogen) atoms. The predicted octanol–water partition coefficient (Wildman–Crippen LogP) is 2.32. The lowest BCUT2D eigenvalue weighted by Gasteiger charge is -2.47. The molecule has 0 bridgehead atoms. The number of fused-ring (bicyclic) bond motifs is 4. The topological polar surface area (TPSA) is 109 Å². The van der Waals surface area contributed by atoms with Crippen molar-refractivity contribution in [3.8, 4) is 5.75 Å². The van der Waals surface area contributed by atoms with Gasteiger partial charge in [-0.15, -0.1) is 0 Å². The summed E-state index contributed by atoms with van der Waals surface area (Å²) in [5.74, 6) is 0.00539. The van der Waals surface area contributed by atoms with Gasteiger partial charge in [-0.1, -0.05) is 12.8 Å². The third-order valence-electron chi connectivity index (χ3n) is 7.82. The van der Waals surface area contributed by atoms with E-state index in [2.05, 4.69) is 5.32 Å². The molecule has 8 nitrogen and oxygen atoms in total. The van der Waals surface area contributed by atoms with Crippen LogP contribution in [-0.2, 0) is 22.4 Å². The average molecular weight is 469 g/mol. The van der Waals surface area contributed by atoms with Crippen LogP contribution in [-0.4, -0.2) is 53.2 Å². The van der Waals surface area contributed by atoms with Crippen LogP contribution in [0.25, 0.3) is 11.0 Å². The molecule has 0 unspecified atom stereocenters. The minimum absolute atomic E-state index is 0.101. The summed E-state index contributed by atoms with van der Waals surface area (Å²) in [4.78, 5) is 39.2. The van der Waals surface area contributed by atoms with Crippen LogP contribution in [0.15, 0.2) is 27.4 Å². The van der Waals surface area contributed by atoms with Crippen molar-refractivity contribution in [3.05, 3.63) is 39.7 Å². The Kier molecular flexibility index (Phi) is 6.10. The van der Waals surface area contributed by atoms with Gasteiger partial charge in [-0.25, -0.2) is 4.79 Å². The van der Waals surface area contributed by atoms with E-state index in [0.29, 0.717) is 30.8 Å². The Morgan fingerprint density at radius 2 is 2.06 bits per heavy atom. The summed E-state index contributed by atoms with van der Waals surface area (Å²) >= 11 is 0. The number of benzene rings is 1. The van der Waals surface area contributed by atoms with E-state index >= 15 is 0 Å². The van der Waals surface area contributed by atoms with E-state index in [-0.39, 0.29) is 24.0 Å². The van der Waals surface area contributed by atoms with E-state index in [9.17, 15) is 19.5 Å². The van der Waals surface area contributed by atoms with Crippen LogP contribution in [0.2, 0.25) is 0 Å². The van der Waals surface area contributed by atoms with E-state index in [1.807, 2.05) is 6.07 Å². The minimum Gasteiger partial charge on any atom is -0.481 e. The molecule has 3 aliphatic rings. The summed E-state index contributed by atoms with van der Waals surface area (Å²) in [7, 11) is 0. The van der Waals surface area contributed by atoms with Crippen LogP contribution in [0.4, 0.5) is 0 Å². The zero-order chi connectivity index (χ0) is 23.9. The van der Waals surface area contributed by atoms with Gasteiger partial charge in [-0.05, 0) is 63.1 Å². The zero-order valence-corrected chi connectivity index (χ0v) is 19.6. The molecule has 0 spiro atoms. The van der Waals surface area contributed by atoms with Crippen LogP contribution < -0.4 is 15.7 Å². The van der Waals surface area contributed by atoms with Gasteiger partial charge in [-0.3, -0.25) is 9.59 Å². The Morgan fingerprint density at radius 3 is 2.91 bits per heavy atom. The van der Waals surface area contributed by atoms with E-state index in [1.54, 1.807) is 24.0 Å². The molecule has 1 aromatic heterocycles. The molecule has 2 heterocycles. The van der Waals surface area contributed by atoms with Crippen LogP contribution in [0.5, 0.6) is 5.75 Å². The fraction of sp³-hybridized carbons (Fsp3) is 0.577. The lowest BCUT2D eigenvalue weighted by Crippen LogP contribution is -2.56. The Morgan fingerprint density at radius 1 is 1.24 bits per heavy atom. The quantitative estimate of drug-likeness (QED) is 0.652. The van der Waals surface area contributed by atoms with Gasteiger partial charge in [0, 0.05) is 36.0 Å². The van der Waals surface area contributed by atoms with Crippen molar-refractivity contribution in [2.75, 3.05) is 19.6 Å². The number of aryl methyl sites for hydroxylation is 1. The number of amides is 2. The SMILES string of the molecule is C[C@H](Oc1ccc2c3c(c(=O)oc2c1)CCC3)C(=O)NCC(=O)N1CC[C@]2(O)CCCC[C@H]2C1. The van der Waals surface area contributed by atoms with Crippen molar-refractivity contribution in [1.29, 1.82) is 0 Å². The van der Waals surface area contributed by atoms with Crippen molar-refractivity contribution >= 4 is 22.8 Å². The summed E-state index contributed by atoms with van der Waals surface area (Å²) in [5.41, 5.74) is 1.33. The maximum atomic E-state index is 12.7. The zero-order valence-electron chi connectivity index (χ0n) is 19.6. The molecule has 2 N–H and O–H groups in total. The molecule has 2 fully saturated rings. The van der Waals surface area contributed by atoms with Crippen LogP contribution in [0, 0.1) is 5.92 Å². The van der Waals surface area contributed by atoms with Crippen LogP contribution in [0.3, 0.4) is 0 Å². The summed E-state index contributed by atoms with van der Waals surface area (Å²) in [6.07, 6.45) is 6.21. The second kappa shape index (κ2) is 9.06. The molecule has 182 valence electrons. The second-order valence-electron chi connectivity index (χ2n) is 9.97. The first-order valence-electron chi connectivity index (χ1n) is 12.4. The standard InChI is InChI=1S/C26H32N2O6/c1-16(33-18-8-9-20-19-6-4-7-21(19)25(31)34-22(20)13-18)24(30)27-14-23(29)28-12-11-26(32)10-3-2-5-17(26)15-28/h8-9,13,16-17,32H,2-7,10-12,14-15H2,1H3,(H,27,30)/t16-,17-,26+/m0/s1. The Balaban J connectivity index is 1.16. The second-order valence-corrected chi connectivity index (χ2v) is 9.97. The van der Waals surface area contributed by atoms with Gasteiger partial charge in [0.15, 0.2) is 6.10 Å². The minimum atomic E-state index is -0.823. The lowest BCUT2D eigenvalue weighted by atomic mass is 9.71. The van der Waals surface area contributed by atoms with Gasteiger partial charge in [0.1, 0.15) is 11.3 Å². The van der Waals surface area contributed by atoms with Crippen molar-refractivity contribution in [1.82, 2.24) is 10.2 Å². The van der Waals surface area contributed by atoms with E-state index in [1.165, 1.54) is 0 Å². The number of piperidine rings is 1. The first-order valence-corrected chi connectivity index (χ1v) is 12.4. The summed E-state index contributed by atoms with van der Waals surface area (Å²) in [6, 6.07) is 5.28. The number of likely N-dealkylation sites (tertiary alicyclic amines) is 1. The molecule has 1 saturated heterocycles. The molecule has 1 aromatic carbocycles. The summed E-state index contributed by atoms with van der Waals surface area (Å²) < 4.78 is 11.2. The van der Waals surface area contributed by atoms with Crippen LogP contribution >= 0.6 is 0 Å². The first kappa shape index (κ1) is 22.9. The summed E-state index contributed by atoms with van der Waals surface area (Å²) in [5, 5.41) is 14.4. The number of carbonyl (C=O) groups is 2. The Bertz CT molecular complexity index is 1170.